The lowest BCUT2D eigenvalue weighted by atomic mass is 10.1. The maximum atomic E-state index is 12.0. The number of rotatable bonds is 7. The molecule has 146 valence electrons. The Bertz CT molecular complexity index is 800. The minimum absolute atomic E-state index is 0.0928. The fourth-order valence-corrected chi connectivity index (χ4v) is 2.85. The number of nitrogens with zero attached hydrogens (tertiary/aromatic N) is 1. The molecule has 1 atom stereocenters. The normalized spacial score (nSPS) is 11.7. The molecule has 2 rings (SSSR count). The third-order valence-electron chi connectivity index (χ3n) is 4.25. The van der Waals surface area contributed by atoms with Crippen molar-refractivity contribution in [2.45, 2.75) is 46.6 Å². The van der Waals surface area contributed by atoms with Gasteiger partial charge < -0.3 is 20.5 Å². The summed E-state index contributed by atoms with van der Waals surface area (Å²) >= 11 is 6.04. The number of halogens is 1. The standard InChI is InChI=1S/C19H25ClN4O3/c1-11(10-15-13(3)24-27-14(15)4)22-19(26)21-9-8-18(25)23-17-7-5-6-16(20)12(17)2/h5-7,11H,8-10H2,1-4H3,(H,23,25)(H2,21,22,26). The van der Waals surface area contributed by atoms with Crippen LogP contribution in [0.25, 0.3) is 0 Å². The topological polar surface area (TPSA) is 96.3 Å². The molecule has 27 heavy (non-hydrogen) atoms. The molecule has 0 saturated heterocycles. The van der Waals surface area contributed by atoms with E-state index in [9.17, 15) is 9.59 Å². The van der Waals surface area contributed by atoms with Gasteiger partial charge in [-0.25, -0.2) is 4.79 Å². The molecule has 7 nitrogen and oxygen atoms in total. The largest absolute Gasteiger partial charge is 0.361 e. The molecular formula is C19H25ClN4O3. The first-order chi connectivity index (χ1) is 12.8. The molecule has 2 aromatic rings. The first-order valence-corrected chi connectivity index (χ1v) is 9.16. The third kappa shape index (κ3) is 5.99. The summed E-state index contributed by atoms with van der Waals surface area (Å²) in [7, 11) is 0. The lowest BCUT2D eigenvalue weighted by Crippen LogP contribution is -2.42. The molecule has 8 heteroatoms. The Labute approximate surface area is 163 Å². The highest BCUT2D eigenvalue weighted by Gasteiger charge is 2.15. The molecule has 1 unspecified atom stereocenters. The molecule has 0 radical (unpaired) electrons. The predicted molar refractivity (Wildman–Crippen MR) is 105 cm³/mol. The monoisotopic (exact) mass is 392 g/mol. The van der Waals surface area contributed by atoms with Gasteiger partial charge in [-0.05, 0) is 51.8 Å². The van der Waals surface area contributed by atoms with Gasteiger partial charge in [-0.2, -0.15) is 0 Å². The van der Waals surface area contributed by atoms with Crippen LogP contribution in [0.1, 0.15) is 35.9 Å². The summed E-state index contributed by atoms with van der Waals surface area (Å²) in [4.78, 5) is 24.0. The highest BCUT2D eigenvalue weighted by molar-refractivity contribution is 6.31. The number of anilines is 1. The van der Waals surface area contributed by atoms with E-state index < -0.39 is 0 Å². The smallest absolute Gasteiger partial charge is 0.315 e. The molecule has 3 N–H and O–H groups in total. The second-order valence-electron chi connectivity index (χ2n) is 6.52. The van der Waals surface area contributed by atoms with E-state index in [1.807, 2.05) is 27.7 Å². The molecule has 0 spiro atoms. The van der Waals surface area contributed by atoms with Gasteiger partial charge in [0.2, 0.25) is 5.91 Å². The number of hydrogen-bond acceptors (Lipinski definition) is 4. The fourth-order valence-electron chi connectivity index (χ4n) is 2.67. The third-order valence-corrected chi connectivity index (χ3v) is 4.66. The molecule has 1 heterocycles. The van der Waals surface area contributed by atoms with Crippen LogP contribution in [0.15, 0.2) is 22.7 Å². The number of hydrogen-bond donors (Lipinski definition) is 3. The van der Waals surface area contributed by atoms with Crippen molar-refractivity contribution >= 4 is 29.2 Å². The van der Waals surface area contributed by atoms with Crippen molar-refractivity contribution in [3.05, 3.63) is 45.8 Å². The van der Waals surface area contributed by atoms with Crippen LogP contribution < -0.4 is 16.0 Å². The zero-order chi connectivity index (χ0) is 20.0. The van der Waals surface area contributed by atoms with Crippen LogP contribution in [0.5, 0.6) is 0 Å². The number of nitrogens with one attached hydrogen (secondary N) is 3. The van der Waals surface area contributed by atoms with Crippen molar-refractivity contribution in [1.29, 1.82) is 0 Å². The Balaban J connectivity index is 1.72. The van der Waals surface area contributed by atoms with Gasteiger partial charge in [0.05, 0.1) is 5.69 Å². The van der Waals surface area contributed by atoms with Crippen LogP contribution in [-0.4, -0.2) is 29.7 Å². The molecule has 0 saturated carbocycles. The maximum Gasteiger partial charge on any atom is 0.315 e. The highest BCUT2D eigenvalue weighted by atomic mass is 35.5. The summed E-state index contributed by atoms with van der Waals surface area (Å²) in [5, 5.41) is 12.8. The van der Waals surface area contributed by atoms with E-state index >= 15 is 0 Å². The van der Waals surface area contributed by atoms with Gasteiger partial charge in [0, 0.05) is 35.3 Å². The van der Waals surface area contributed by atoms with Crippen molar-refractivity contribution in [3.8, 4) is 0 Å². The van der Waals surface area contributed by atoms with Crippen LogP contribution >= 0.6 is 11.6 Å². The minimum Gasteiger partial charge on any atom is -0.361 e. The van der Waals surface area contributed by atoms with Crippen molar-refractivity contribution in [3.63, 3.8) is 0 Å². The van der Waals surface area contributed by atoms with Gasteiger partial charge in [-0.3, -0.25) is 4.79 Å². The van der Waals surface area contributed by atoms with Crippen molar-refractivity contribution < 1.29 is 14.1 Å². The van der Waals surface area contributed by atoms with Crippen molar-refractivity contribution in [2.24, 2.45) is 0 Å². The van der Waals surface area contributed by atoms with E-state index in [2.05, 4.69) is 21.1 Å². The minimum atomic E-state index is -0.319. The van der Waals surface area contributed by atoms with E-state index in [1.54, 1.807) is 18.2 Å². The zero-order valence-electron chi connectivity index (χ0n) is 16.0. The molecule has 0 aliphatic rings. The Hall–Kier alpha value is -2.54. The lowest BCUT2D eigenvalue weighted by molar-refractivity contribution is -0.116. The predicted octanol–water partition coefficient (Wildman–Crippen LogP) is 3.51. The number of benzene rings is 1. The Morgan fingerprint density at radius 3 is 2.67 bits per heavy atom. The number of aromatic nitrogens is 1. The van der Waals surface area contributed by atoms with Gasteiger partial charge in [0.15, 0.2) is 0 Å². The summed E-state index contributed by atoms with van der Waals surface area (Å²) in [5.74, 6) is 0.568. The number of amides is 3. The van der Waals surface area contributed by atoms with E-state index in [4.69, 9.17) is 16.1 Å². The van der Waals surface area contributed by atoms with Crippen LogP contribution in [0.3, 0.4) is 0 Å². The molecule has 1 aromatic carbocycles. The molecule has 0 bridgehead atoms. The zero-order valence-corrected chi connectivity index (χ0v) is 16.7. The summed E-state index contributed by atoms with van der Waals surface area (Å²) in [5.41, 5.74) is 3.31. The second-order valence-corrected chi connectivity index (χ2v) is 6.93. The van der Waals surface area contributed by atoms with Crippen LogP contribution in [0.4, 0.5) is 10.5 Å². The van der Waals surface area contributed by atoms with Crippen molar-refractivity contribution in [1.82, 2.24) is 15.8 Å². The van der Waals surface area contributed by atoms with Gasteiger partial charge in [0.1, 0.15) is 5.76 Å². The molecule has 0 aliphatic heterocycles. The Morgan fingerprint density at radius 2 is 2.00 bits per heavy atom. The van der Waals surface area contributed by atoms with Crippen LogP contribution in [0.2, 0.25) is 5.02 Å². The Kier molecular flexibility index (Phi) is 7.24. The lowest BCUT2D eigenvalue weighted by Gasteiger charge is -2.14. The van der Waals surface area contributed by atoms with Gasteiger partial charge in [-0.1, -0.05) is 22.8 Å². The molecular weight excluding hydrogens is 368 g/mol. The fraction of sp³-hybridized carbons (Fsp3) is 0.421. The van der Waals surface area contributed by atoms with E-state index in [1.165, 1.54) is 0 Å². The SMILES string of the molecule is Cc1noc(C)c1CC(C)NC(=O)NCCC(=O)Nc1cccc(Cl)c1C. The van der Waals surface area contributed by atoms with Crippen LogP contribution in [-0.2, 0) is 11.2 Å². The van der Waals surface area contributed by atoms with Gasteiger partial charge in [-0.15, -0.1) is 0 Å². The van der Waals surface area contributed by atoms with E-state index in [-0.39, 0.29) is 30.9 Å². The molecule has 0 fully saturated rings. The van der Waals surface area contributed by atoms with E-state index in [0.717, 1.165) is 22.6 Å². The first kappa shape index (κ1) is 20.8. The van der Waals surface area contributed by atoms with Gasteiger partial charge in [0.25, 0.3) is 0 Å². The average molecular weight is 393 g/mol. The summed E-state index contributed by atoms with van der Waals surface area (Å²) < 4.78 is 5.13. The summed E-state index contributed by atoms with van der Waals surface area (Å²) in [6.07, 6.45) is 0.792. The molecule has 3 amide bonds. The molecule has 1 aromatic heterocycles. The highest BCUT2D eigenvalue weighted by Crippen LogP contribution is 2.22. The molecule has 0 aliphatic carbocycles. The van der Waals surface area contributed by atoms with Crippen LogP contribution in [0, 0.1) is 20.8 Å². The number of urea groups is 1. The maximum absolute atomic E-state index is 12.0. The number of carbonyl (C=O) groups excluding carboxylic acids is 2. The second kappa shape index (κ2) is 9.41. The van der Waals surface area contributed by atoms with Gasteiger partial charge >= 0.3 is 6.03 Å². The number of carbonyl (C=O) groups is 2. The first-order valence-electron chi connectivity index (χ1n) is 8.79. The van der Waals surface area contributed by atoms with E-state index in [0.29, 0.717) is 17.1 Å². The van der Waals surface area contributed by atoms with Crippen molar-refractivity contribution in [2.75, 3.05) is 11.9 Å². The summed E-state index contributed by atoms with van der Waals surface area (Å²) in [6, 6.07) is 4.92. The Morgan fingerprint density at radius 1 is 1.26 bits per heavy atom. The summed E-state index contributed by atoms with van der Waals surface area (Å²) in [6.45, 7) is 7.70. The average Bonchev–Trinajstić information content (AvgIpc) is 2.91. The number of aryl methyl sites for hydroxylation is 2. The quantitative estimate of drug-likeness (QED) is 0.671.